The van der Waals surface area contributed by atoms with Gasteiger partial charge in [-0.15, -0.1) is 0 Å². The molecule has 4 heteroatoms. The van der Waals surface area contributed by atoms with Gasteiger partial charge in [-0.1, -0.05) is 5.16 Å². The first-order valence-electron chi connectivity index (χ1n) is 3.78. The van der Waals surface area contributed by atoms with Crippen molar-refractivity contribution < 1.29 is 9.26 Å². The smallest absolute Gasteiger partial charge is 0.417 e. The number of hydrogen-bond acceptors (Lipinski definition) is 4. The van der Waals surface area contributed by atoms with Crippen LogP contribution in [0, 0.1) is 12.8 Å². The van der Waals surface area contributed by atoms with Crippen molar-refractivity contribution in [2.45, 2.75) is 19.8 Å². The molecule has 1 aliphatic carbocycles. The lowest BCUT2D eigenvalue weighted by Crippen LogP contribution is -1.98. The summed E-state index contributed by atoms with van der Waals surface area (Å²) >= 11 is 0. The molecule has 0 amide bonds. The van der Waals surface area contributed by atoms with Crippen LogP contribution in [0.1, 0.15) is 18.7 Å². The van der Waals surface area contributed by atoms with E-state index < -0.39 is 0 Å². The van der Waals surface area contributed by atoms with Crippen LogP contribution < -0.4 is 4.74 Å². The zero-order valence-corrected chi connectivity index (χ0v) is 6.41. The quantitative estimate of drug-likeness (QED) is 0.655. The summed E-state index contributed by atoms with van der Waals surface area (Å²) in [5.74, 6) is 1.35. The third-order valence-corrected chi connectivity index (χ3v) is 1.65. The molecule has 4 nitrogen and oxygen atoms in total. The Kier molecular flexibility index (Phi) is 1.52. The molecular formula is C7H10N2O2. The van der Waals surface area contributed by atoms with Crippen LogP contribution in [0.3, 0.4) is 0 Å². The molecule has 2 rings (SSSR count). The maximum Gasteiger partial charge on any atom is 0.417 e. The second kappa shape index (κ2) is 2.53. The molecule has 1 aliphatic rings. The average Bonchev–Trinajstić information content (AvgIpc) is 2.72. The van der Waals surface area contributed by atoms with E-state index in [1.807, 2.05) is 0 Å². The molecule has 0 atom stereocenters. The Morgan fingerprint density at radius 3 is 3.00 bits per heavy atom. The summed E-state index contributed by atoms with van der Waals surface area (Å²) in [6.45, 7) is 2.50. The summed E-state index contributed by atoms with van der Waals surface area (Å²) in [5, 5.41) is 3.60. The van der Waals surface area contributed by atoms with Crippen molar-refractivity contribution in [2.75, 3.05) is 6.61 Å². The minimum Gasteiger partial charge on any atom is -0.449 e. The first-order chi connectivity index (χ1) is 5.34. The molecule has 1 heterocycles. The third kappa shape index (κ3) is 1.69. The largest absolute Gasteiger partial charge is 0.449 e. The van der Waals surface area contributed by atoms with Gasteiger partial charge in [0.25, 0.3) is 0 Å². The van der Waals surface area contributed by atoms with Gasteiger partial charge in [-0.2, -0.15) is 4.98 Å². The Bertz CT molecular complexity index is 242. The summed E-state index contributed by atoms with van der Waals surface area (Å²) in [5.41, 5.74) is 0. The van der Waals surface area contributed by atoms with E-state index >= 15 is 0 Å². The lowest BCUT2D eigenvalue weighted by Gasteiger charge is -1.94. The van der Waals surface area contributed by atoms with Crippen LogP contribution in [0.5, 0.6) is 6.08 Å². The normalized spacial score (nSPS) is 16.8. The highest BCUT2D eigenvalue weighted by molar-refractivity contribution is 4.88. The summed E-state index contributed by atoms with van der Waals surface area (Å²) in [6, 6.07) is 0. The maximum atomic E-state index is 5.21. The van der Waals surface area contributed by atoms with Gasteiger partial charge in [0.05, 0.1) is 6.61 Å². The fraction of sp³-hybridized carbons (Fsp3) is 0.714. The molecule has 1 saturated carbocycles. The molecule has 60 valence electrons. The molecule has 0 saturated heterocycles. The Morgan fingerprint density at radius 1 is 1.64 bits per heavy atom. The van der Waals surface area contributed by atoms with Crippen LogP contribution in [0.15, 0.2) is 4.52 Å². The van der Waals surface area contributed by atoms with Gasteiger partial charge in [0.1, 0.15) is 0 Å². The van der Waals surface area contributed by atoms with E-state index in [2.05, 4.69) is 10.1 Å². The van der Waals surface area contributed by atoms with Gasteiger partial charge in [-0.25, -0.2) is 0 Å². The highest BCUT2D eigenvalue weighted by atomic mass is 16.6. The van der Waals surface area contributed by atoms with Crippen LogP contribution in [0.4, 0.5) is 0 Å². The fourth-order valence-electron chi connectivity index (χ4n) is 0.810. The van der Waals surface area contributed by atoms with Gasteiger partial charge >= 0.3 is 6.08 Å². The standard InChI is InChI=1S/C7H10N2O2/c1-5-8-7(11-9-5)10-4-6-2-3-6/h6H,2-4H2,1H3. The van der Waals surface area contributed by atoms with Gasteiger partial charge in [0, 0.05) is 0 Å². The summed E-state index contributed by atoms with van der Waals surface area (Å²) in [7, 11) is 0. The van der Waals surface area contributed by atoms with Gasteiger partial charge in [-0.3, -0.25) is 4.52 Å². The van der Waals surface area contributed by atoms with E-state index in [0.29, 0.717) is 11.9 Å². The molecule has 0 bridgehead atoms. The van der Waals surface area contributed by atoms with Crippen molar-refractivity contribution in [1.82, 2.24) is 10.1 Å². The van der Waals surface area contributed by atoms with Crippen molar-refractivity contribution in [1.29, 1.82) is 0 Å². The molecule has 1 fully saturated rings. The Morgan fingerprint density at radius 2 is 2.45 bits per heavy atom. The first-order valence-corrected chi connectivity index (χ1v) is 3.78. The molecule has 11 heavy (non-hydrogen) atoms. The zero-order chi connectivity index (χ0) is 7.68. The summed E-state index contributed by atoms with van der Waals surface area (Å²) < 4.78 is 9.97. The van der Waals surface area contributed by atoms with Gasteiger partial charge < -0.3 is 4.74 Å². The lowest BCUT2D eigenvalue weighted by atomic mass is 10.5. The van der Waals surface area contributed by atoms with Crippen molar-refractivity contribution in [3.63, 3.8) is 0 Å². The molecule has 0 aromatic carbocycles. The van der Waals surface area contributed by atoms with Crippen molar-refractivity contribution >= 4 is 0 Å². The predicted molar refractivity (Wildman–Crippen MR) is 37.3 cm³/mol. The van der Waals surface area contributed by atoms with Crippen molar-refractivity contribution in [3.05, 3.63) is 5.82 Å². The van der Waals surface area contributed by atoms with Crippen LogP contribution >= 0.6 is 0 Å². The fourth-order valence-corrected chi connectivity index (χ4v) is 0.810. The molecule has 0 aliphatic heterocycles. The van der Waals surface area contributed by atoms with Crippen LogP contribution in [-0.2, 0) is 0 Å². The highest BCUT2D eigenvalue weighted by Gasteiger charge is 2.22. The average molecular weight is 154 g/mol. The first kappa shape index (κ1) is 6.64. The van der Waals surface area contributed by atoms with Crippen LogP contribution in [-0.4, -0.2) is 16.7 Å². The van der Waals surface area contributed by atoms with E-state index in [-0.39, 0.29) is 0 Å². The van der Waals surface area contributed by atoms with Crippen LogP contribution in [0.25, 0.3) is 0 Å². The zero-order valence-electron chi connectivity index (χ0n) is 6.41. The van der Waals surface area contributed by atoms with Gasteiger partial charge in [0.2, 0.25) is 0 Å². The van der Waals surface area contributed by atoms with E-state index in [4.69, 9.17) is 9.26 Å². The Hall–Kier alpha value is -1.06. The Labute approximate surface area is 64.5 Å². The summed E-state index contributed by atoms with van der Waals surface area (Å²) in [4.78, 5) is 3.91. The molecule has 0 spiro atoms. The number of ether oxygens (including phenoxy) is 1. The molecule has 0 unspecified atom stereocenters. The second-order valence-electron chi connectivity index (χ2n) is 2.86. The molecule has 0 radical (unpaired) electrons. The predicted octanol–water partition coefficient (Wildman–Crippen LogP) is 1.17. The number of nitrogens with zero attached hydrogens (tertiary/aromatic N) is 2. The van der Waals surface area contributed by atoms with E-state index in [0.717, 1.165) is 12.5 Å². The minimum atomic E-state index is 0.300. The minimum absolute atomic E-state index is 0.300. The lowest BCUT2D eigenvalue weighted by molar-refractivity contribution is 0.195. The van der Waals surface area contributed by atoms with E-state index in [9.17, 15) is 0 Å². The summed E-state index contributed by atoms with van der Waals surface area (Å²) in [6.07, 6.45) is 2.84. The van der Waals surface area contributed by atoms with Crippen molar-refractivity contribution in [3.8, 4) is 6.08 Å². The maximum absolute atomic E-state index is 5.21. The highest BCUT2D eigenvalue weighted by Crippen LogP contribution is 2.29. The molecule has 1 aromatic heterocycles. The topological polar surface area (TPSA) is 48.2 Å². The SMILES string of the molecule is Cc1noc(OCC2CC2)n1. The van der Waals surface area contributed by atoms with E-state index in [1.54, 1.807) is 6.92 Å². The monoisotopic (exact) mass is 154 g/mol. The van der Waals surface area contributed by atoms with E-state index in [1.165, 1.54) is 12.8 Å². The van der Waals surface area contributed by atoms with Gasteiger partial charge in [0.15, 0.2) is 5.82 Å². The molecule has 1 aromatic rings. The number of hydrogen-bond donors (Lipinski definition) is 0. The second-order valence-corrected chi connectivity index (χ2v) is 2.86. The van der Waals surface area contributed by atoms with Gasteiger partial charge in [-0.05, 0) is 25.7 Å². The van der Waals surface area contributed by atoms with Crippen LogP contribution in [0.2, 0.25) is 0 Å². The molecular weight excluding hydrogens is 144 g/mol. The third-order valence-electron chi connectivity index (χ3n) is 1.65. The Balaban J connectivity index is 1.85. The number of aryl methyl sites for hydroxylation is 1. The molecule has 0 N–H and O–H groups in total. The number of aromatic nitrogens is 2. The number of rotatable bonds is 3. The van der Waals surface area contributed by atoms with Crippen molar-refractivity contribution in [2.24, 2.45) is 5.92 Å².